The fraction of sp³-hybridized carbons (Fsp3) is 0.933. The molecule has 2 unspecified atom stereocenters. The van der Waals surface area contributed by atoms with Crippen LogP contribution in [0.5, 0.6) is 0 Å². The largest absolute Gasteiger partial charge is 0.379 e. The maximum absolute atomic E-state index is 11.0. The first kappa shape index (κ1) is 23.9. The van der Waals surface area contributed by atoms with Crippen molar-refractivity contribution in [2.24, 2.45) is 10.4 Å². The maximum atomic E-state index is 11.0. The number of rotatable bonds is 8. The molecule has 0 bridgehead atoms. The van der Waals surface area contributed by atoms with Gasteiger partial charge in [0.15, 0.2) is 5.96 Å². The van der Waals surface area contributed by atoms with E-state index in [0.29, 0.717) is 19.1 Å². The van der Waals surface area contributed by atoms with Crippen LogP contribution in [-0.4, -0.2) is 71.9 Å². The van der Waals surface area contributed by atoms with Crippen molar-refractivity contribution in [1.29, 1.82) is 0 Å². The Morgan fingerprint density at radius 3 is 2.38 bits per heavy atom. The Morgan fingerprint density at radius 1 is 1.29 bits per heavy atom. The molecular formula is C15H32IN3O4S. The number of hydrogen-bond acceptors (Lipinski definition) is 5. The maximum Gasteiger partial charge on any atom is 0.191 e. The van der Waals surface area contributed by atoms with E-state index in [1.165, 1.54) is 6.26 Å². The Kier molecular flexibility index (Phi) is 9.48. The highest BCUT2D eigenvalue weighted by molar-refractivity contribution is 14.0. The zero-order valence-electron chi connectivity index (χ0n) is 15.5. The molecule has 0 aromatic rings. The minimum atomic E-state index is -2.96. The summed E-state index contributed by atoms with van der Waals surface area (Å²) in [6, 6.07) is 0.282. The fourth-order valence-electron chi connectivity index (χ4n) is 2.64. The Morgan fingerprint density at radius 2 is 1.92 bits per heavy atom. The Labute approximate surface area is 163 Å². The molecule has 1 aliphatic carbocycles. The van der Waals surface area contributed by atoms with Crippen LogP contribution in [0.1, 0.15) is 27.2 Å². The standard InChI is InChI=1S/C15H31N3O4S.HI/c1-14(2)12(11-15(14,3)21-5)18-13(16-4)17-7-8-22-9-10-23(6,19)20;/h12H,7-11H2,1-6H3,(H2,16,17,18);1H. The minimum absolute atomic E-state index is 0. The molecule has 0 heterocycles. The van der Waals surface area contributed by atoms with Crippen LogP contribution in [0.25, 0.3) is 0 Å². The second kappa shape index (κ2) is 9.54. The molecule has 7 nitrogen and oxygen atoms in total. The van der Waals surface area contributed by atoms with E-state index in [2.05, 4.69) is 36.4 Å². The van der Waals surface area contributed by atoms with Crippen molar-refractivity contribution in [2.45, 2.75) is 38.8 Å². The van der Waals surface area contributed by atoms with Crippen molar-refractivity contribution < 1.29 is 17.9 Å². The predicted molar refractivity (Wildman–Crippen MR) is 108 cm³/mol. The quantitative estimate of drug-likeness (QED) is 0.235. The summed E-state index contributed by atoms with van der Waals surface area (Å²) in [7, 11) is 0.508. The van der Waals surface area contributed by atoms with Gasteiger partial charge in [0, 0.05) is 38.4 Å². The number of aliphatic imine (C=N–C) groups is 1. The molecule has 0 aromatic carbocycles. The van der Waals surface area contributed by atoms with Gasteiger partial charge in [-0.25, -0.2) is 8.42 Å². The molecule has 0 aliphatic heterocycles. The van der Waals surface area contributed by atoms with E-state index in [1.54, 1.807) is 14.2 Å². The van der Waals surface area contributed by atoms with Crippen LogP contribution in [0.3, 0.4) is 0 Å². The minimum Gasteiger partial charge on any atom is -0.379 e. The molecule has 0 aromatic heterocycles. The second-order valence-corrected chi connectivity index (χ2v) is 9.06. The molecule has 24 heavy (non-hydrogen) atoms. The molecule has 144 valence electrons. The average Bonchev–Trinajstić information content (AvgIpc) is 2.46. The van der Waals surface area contributed by atoms with Crippen LogP contribution < -0.4 is 10.6 Å². The third-order valence-corrected chi connectivity index (χ3v) is 5.86. The topological polar surface area (TPSA) is 89.0 Å². The summed E-state index contributed by atoms with van der Waals surface area (Å²) < 4.78 is 32.9. The monoisotopic (exact) mass is 477 g/mol. The number of guanidine groups is 1. The van der Waals surface area contributed by atoms with Crippen LogP contribution in [0.4, 0.5) is 0 Å². The van der Waals surface area contributed by atoms with E-state index in [9.17, 15) is 8.42 Å². The van der Waals surface area contributed by atoms with Crippen molar-refractivity contribution in [3.8, 4) is 0 Å². The van der Waals surface area contributed by atoms with E-state index in [1.807, 2.05) is 0 Å². The van der Waals surface area contributed by atoms with Crippen LogP contribution >= 0.6 is 24.0 Å². The van der Waals surface area contributed by atoms with Crippen LogP contribution in [0.2, 0.25) is 0 Å². The summed E-state index contributed by atoms with van der Waals surface area (Å²) in [5.41, 5.74) is -0.121. The van der Waals surface area contributed by atoms with E-state index in [0.717, 1.165) is 6.42 Å². The number of methoxy groups -OCH3 is 1. The molecule has 0 amide bonds. The summed E-state index contributed by atoms with van der Waals surface area (Å²) in [5.74, 6) is 0.763. The van der Waals surface area contributed by atoms with Gasteiger partial charge in [-0.1, -0.05) is 13.8 Å². The number of ether oxygens (including phenoxy) is 2. The summed E-state index contributed by atoms with van der Waals surface area (Å²) >= 11 is 0. The number of hydrogen-bond donors (Lipinski definition) is 2. The molecule has 0 saturated heterocycles. The lowest BCUT2D eigenvalue weighted by Gasteiger charge is -2.59. The van der Waals surface area contributed by atoms with Gasteiger partial charge in [-0.05, 0) is 13.3 Å². The average molecular weight is 477 g/mol. The lowest BCUT2D eigenvalue weighted by molar-refractivity contribution is -0.176. The number of halogens is 1. The Balaban J connectivity index is 0.00000529. The first-order valence-corrected chi connectivity index (χ1v) is 9.89. The van der Waals surface area contributed by atoms with Gasteiger partial charge in [-0.3, -0.25) is 4.99 Å². The number of nitrogens with zero attached hydrogens (tertiary/aromatic N) is 1. The third-order valence-electron chi connectivity index (χ3n) is 4.95. The molecule has 2 N–H and O–H groups in total. The van der Waals surface area contributed by atoms with E-state index in [-0.39, 0.29) is 53.4 Å². The molecule has 0 radical (unpaired) electrons. The molecule has 0 spiro atoms. The number of nitrogens with one attached hydrogen (secondary N) is 2. The van der Waals surface area contributed by atoms with Gasteiger partial charge in [0.1, 0.15) is 9.84 Å². The zero-order valence-corrected chi connectivity index (χ0v) is 18.7. The van der Waals surface area contributed by atoms with E-state index in [4.69, 9.17) is 9.47 Å². The number of sulfone groups is 1. The van der Waals surface area contributed by atoms with Gasteiger partial charge in [0.05, 0.1) is 24.6 Å². The normalized spacial score (nSPS) is 26.2. The summed E-state index contributed by atoms with van der Waals surface area (Å²) in [6.45, 7) is 7.70. The van der Waals surface area contributed by atoms with Gasteiger partial charge < -0.3 is 20.1 Å². The van der Waals surface area contributed by atoms with Gasteiger partial charge in [-0.2, -0.15) is 0 Å². The molecule has 1 saturated carbocycles. The van der Waals surface area contributed by atoms with Gasteiger partial charge >= 0.3 is 0 Å². The molecule has 1 rings (SSSR count). The highest BCUT2D eigenvalue weighted by Gasteiger charge is 2.57. The summed E-state index contributed by atoms with van der Waals surface area (Å²) in [4.78, 5) is 4.21. The molecule has 1 fully saturated rings. The van der Waals surface area contributed by atoms with Crippen molar-refractivity contribution in [3.63, 3.8) is 0 Å². The lowest BCUT2D eigenvalue weighted by Crippen LogP contribution is -2.69. The van der Waals surface area contributed by atoms with Gasteiger partial charge in [0.25, 0.3) is 0 Å². The lowest BCUT2D eigenvalue weighted by atomic mass is 9.56. The van der Waals surface area contributed by atoms with E-state index < -0.39 is 9.84 Å². The first-order valence-electron chi connectivity index (χ1n) is 7.83. The zero-order chi connectivity index (χ0) is 17.7. The first-order chi connectivity index (χ1) is 10.6. The van der Waals surface area contributed by atoms with Crippen molar-refractivity contribution >= 4 is 39.8 Å². The molecule has 9 heteroatoms. The van der Waals surface area contributed by atoms with Crippen molar-refractivity contribution in [1.82, 2.24) is 10.6 Å². The van der Waals surface area contributed by atoms with Crippen molar-refractivity contribution in [2.75, 3.05) is 45.9 Å². The Bertz CT molecular complexity index is 525. The van der Waals surface area contributed by atoms with Crippen LogP contribution in [-0.2, 0) is 19.3 Å². The second-order valence-electron chi connectivity index (χ2n) is 6.80. The molecule has 1 aliphatic rings. The Hall–Kier alpha value is -0.130. The highest BCUT2D eigenvalue weighted by Crippen LogP contribution is 2.51. The molecular weight excluding hydrogens is 445 g/mol. The van der Waals surface area contributed by atoms with Gasteiger partial charge in [-0.15, -0.1) is 24.0 Å². The van der Waals surface area contributed by atoms with Gasteiger partial charge in [0.2, 0.25) is 0 Å². The van der Waals surface area contributed by atoms with Crippen LogP contribution in [0.15, 0.2) is 4.99 Å². The predicted octanol–water partition coefficient (Wildman–Crippen LogP) is 1.03. The van der Waals surface area contributed by atoms with Crippen molar-refractivity contribution in [3.05, 3.63) is 0 Å². The summed E-state index contributed by atoms with van der Waals surface area (Å²) in [5, 5.41) is 6.58. The summed E-state index contributed by atoms with van der Waals surface area (Å²) in [6.07, 6.45) is 2.12. The smallest absolute Gasteiger partial charge is 0.191 e. The third kappa shape index (κ3) is 6.30. The highest BCUT2D eigenvalue weighted by atomic mass is 127. The SMILES string of the molecule is CN=C(NCCOCCS(C)(=O)=O)NC1CC(C)(OC)C1(C)C.I. The fourth-order valence-corrected chi connectivity index (χ4v) is 3.06. The van der Waals surface area contributed by atoms with E-state index >= 15 is 0 Å². The van der Waals surface area contributed by atoms with Crippen LogP contribution in [0, 0.1) is 5.41 Å². The molecule has 2 atom stereocenters.